The van der Waals surface area contributed by atoms with Gasteiger partial charge in [-0.2, -0.15) is 4.68 Å². The van der Waals surface area contributed by atoms with Crippen LogP contribution in [0.4, 0.5) is 5.82 Å². The third-order valence-corrected chi connectivity index (χ3v) is 5.81. The van der Waals surface area contributed by atoms with Crippen molar-refractivity contribution in [3.05, 3.63) is 60.4 Å². The molecule has 10 heteroatoms. The fourth-order valence-corrected chi connectivity index (χ4v) is 4.03. The molecule has 1 aliphatic heterocycles. The summed E-state index contributed by atoms with van der Waals surface area (Å²) in [5.74, 6) is 2.26. The number of nitrogens with zero attached hydrogens (tertiary/aromatic N) is 7. The van der Waals surface area contributed by atoms with Crippen molar-refractivity contribution in [2.24, 2.45) is 0 Å². The van der Waals surface area contributed by atoms with Crippen LogP contribution in [0.1, 0.15) is 17.3 Å². The van der Waals surface area contributed by atoms with Gasteiger partial charge in [-0.3, -0.25) is 4.79 Å². The zero-order chi connectivity index (χ0) is 23.5. The quantitative estimate of drug-likeness (QED) is 0.434. The zero-order valence-corrected chi connectivity index (χ0v) is 19.1. The highest BCUT2D eigenvalue weighted by molar-refractivity contribution is 5.94. The minimum atomic E-state index is 0.0148. The molecule has 4 aromatic rings. The van der Waals surface area contributed by atoms with Crippen molar-refractivity contribution >= 4 is 22.9 Å². The van der Waals surface area contributed by atoms with Crippen molar-refractivity contribution in [2.75, 3.05) is 44.8 Å². The summed E-state index contributed by atoms with van der Waals surface area (Å²) in [6, 6.07) is 14.8. The zero-order valence-electron chi connectivity index (χ0n) is 19.1. The molecule has 0 radical (unpaired) electrons. The summed E-state index contributed by atoms with van der Waals surface area (Å²) in [7, 11) is 1.63. The van der Waals surface area contributed by atoms with E-state index in [-0.39, 0.29) is 5.91 Å². The molecule has 0 saturated carbocycles. The molecule has 0 bridgehead atoms. The standard InChI is InChI=1S/C24H25N7O3/c1-3-34-20-8-4-17(5-9-20)24(32)30-14-12-29(13-15-30)22-21-23(26-16-25-22)31(28-27-21)18-6-10-19(33-2)11-7-18/h4-11,16H,3,12-15H2,1-2H3. The van der Waals surface area contributed by atoms with Crippen molar-refractivity contribution in [2.45, 2.75) is 6.92 Å². The first-order valence-electron chi connectivity index (χ1n) is 11.2. The maximum atomic E-state index is 12.9. The van der Waals surface area contributed by atoms with Crippen LogP contribution in [0, 0.1) is 0 Å². The van der Waals surface area contributed by atoms with Gasteiger partial charge in [0.25, 0.3) is 5.91 Å². The smallest absolute Gasteiger partial charge is 0.253 e. The van der Waals surface area contributed by atoms with E-state index in [0.29, 0.717) is 49.5 Å². The first kappa shape index (κ1) is 21.6. The summed E-state index contributed by atoms with van der Waals surface area (Å²) in [6.45, 7) is 4.99. The molecule has 2 aromatic carbocycles. The molecule has 1 fully saturated rings. The highest BCUT2D eigenvalue weighted by Gasteiger charge is 2.25. The second-order valence-corrected chi connectivity index (χ2v) is 7.81. The molecule has 174 valence electrons. The van der Waals surface area contributed by atoms with E-state index in [1.165, 1.54) is 6.33 Å². The molecule has 34 heavy (non-hydrogen) atoms. The lowest BCUT2D eigenvalue weighted by atomic mass is 10.1. The molecule has 0 spiro atoms. The van der Waals surface area contributed by atoms with Gasteiger partial charge in [0, 0.05) is 31.7 Å². The van der Waals surface area contributed by atoms with Crippen LogP contribution in [-0.2, 0) is 0 Å². The van der Waals surface area contributed by atoms with E-state index in [4.69, 9.17) is 9.47 Å². The second-order valence-electron chi connectivity index (χ2n) is 7.81. The van der Waals surface area contributed by atoms with Gasteiger partial charge in [-0.1, -0.05) is 5.21 Å². The van der Waals surface area contributed by atoms with Crippen LogP contribution in [0.25, 0.3) is 16.9 Å². The van der Waals surface area contributed by atoms with Crippen molar-refractivity contribution < 1.29 is 14.3 Å². The minimum absolute atomic E-state index is 0.0148. The van der Waals surface area contributed by atoms with Crippen LogP contribution in [0.2, 0.25) is 0 Å². The van der Waals surface area contributed by atoms with E-state index in [2.05, 4.69) is 25.2 Å². The Morgan fingerprint density at radius 1 is 0.941 bits per heavy atom. The Bertz CT molecular complexity index is 1280. The monoisotopic (exact) mass is 459 g/mol. The number of piperazine rings is 1. The topological polar surface area (TPSA) is 98.5 Å². The third-order valence-electron chi connectivity index (χ3n) is 5.81. The van der Waals surface area contributed by atoms with Crippen molar-refractivity contribution in [1.29, 1.82) is 0 Å². The van der Waals surface area contributed by atoms with E-state index < -0.39 is 0 Å². The Balaban J connectivity index is 1.31. The Labute approximate surface area is 196 Å². The molecular weight excluding hydrogens is 434 g/mol. The van der Waals surface area contributed by atoms with Gasteiger partial charge >= 0.3 is 0 Å². The van der Waals surface area contributed by atoms with Gasteiger partial charge in [0.1, 0.15) is 17.8 Å². The molecule has 1 aliphatic rings. The second kappa shape index (κ2) is 9.34. The molecule has 10 nitrogen and oxygen atoms in total. The number of ether oxygens (including phenoxy) is 2. The maximum Gasteiger partial charge on any atom is 0.253 e. The van der Waals surface area contributed by atoms with Crippen LogP contribution < -0.4 is 14.4 Å². The van der Waals surface area contributed by atoms with Gasteiger partial charge < -0.3 is 19.3 Å². The Hall–Kier alpha value is -4.21. The lowest BCUT2D eigenvalue weighted by molar-refractivity contribution is 0.0746. The van der Waals surface area contributed by atoms with Gasteiger partial charge in [-0.25, -0.2) is 9.97 Å². The van der Waals surface area contributed by atoms with Gasteiger partial charge in [0.2, 0.25) is 0 Å². The summed E-state index contributed by atoms with van der Waals surface area (Å²) in [6.07, 6.45) is 1.53. The number of hydrogen-bond donors (Lipinski definition) is 0. The van der Waals surface area contributed by atoms with Gasteiger partial charge in [0.15, 0.2) is 17.0 Å². The molecule has 0 aliphatic carbocycles. The Kier molecular flexibility index (Phi) is 5.94. The Morgan fingerprint density at radius 3 is 2.32 bits per heavy atom. The average Bonchev–Trinajstić information content (AvgIpc) is 3.33. The average molecular weight is 460 g/mol. The summed E-state index contributed by atoms with van der Waals surface area (Å²) in [4.78, 5) is 25.8. The van der Waals surface area contributed by atoms with Crippen LogP contribution in [0.5, 0.6) is 11.5 Å². The van der Waals surface area contributed by atoms with Crippen molar-refractivity contribution in [1.82, 2.24) is 29.9 Å². The molecule has 3 heterocycles. The molecule has 2 aromatic heterocycles. The predicted molar refractivity (Wildman–Crippen MR) is 127 cm³/mol. The van der Waals surface area contributed by atoms with Gasteiger partial charge in [-0.05, 0) is 55.5 Å². The number of rotatable bonds is 6. The summed E-state index contributed by atoms with van der Waals surface area (Å²) in [5.41, 5.74) is 2.75. The lowest BCUT2D eigenvalue weighted by Gasteiger charge is -2.35. The molecule has 0 N–H and O–H groups in total. The number of benzene rings is 2. The minimum Gasteiger partial charge on any atom is -0.497 e. The number of carbonyl (C=O) groups is 1. The molecule has 1 saturated heterocycles. The van der Waals surface area contributed by atoms with E-state index in [0.717, 1.165) is 23.0 Å². The number of hydrogen-bond acceptors (Lipinski definition) is 8. The van der Waals surface area contributed by atoms with Crippen LogP contribution >= 0.6 is 0 Å². The number of aromatic nitrogens is 5. The molecular formula is C24H25N7O3. The van der Waals surface area contributed by atoms with E-state index in [1.54, 1.807) is 11.8 Å². The van der Waals surface area contributed by atoms with E-state index in [9.17, 15) is 4.79 Å². The van der Waals surface area contributed by atoms with Crippen LogP contribution in [-0.4, -0.2) is 75.7 Å². The third kappa shape index (κ3) is 4.09. The van der Waals surface area contributed by atoms with E-state index >= 15 is 0 Å². The van der Waals surface area contributed by atoms with Gasteiger partial charge in [-0.15, -0.1) is 5.10 Å². The lowest BCUT2D eigenvalue weighted by Crippen LogP contribution is -2.49. The molecule has 0 atom stereocenters. The number of carbonyl (C=O) groups excluding carboxylic acids is 1. The van der Waals surface area contributed by atoms with Crippen LogP contribution in [0.15, 0.2) is 54.9 Å². The SMILES string of the molecule is CCOc1ccc(C(=O)N2CCN(c3ncnc4c3nnn4-c3ccc(OC)cc3)CC2)cc1. The fourth-order valence-electron chi connectivity index (χ4n) is 4.03. The van der Waals surface area contributed by atoms with Crippen molar-refractivity contribution in [3.63, 3.8) is 0 Å². The first-order chi connectivity index (χ1) is 16.7. The fraction of sp³-hybridized carbons (Fsp3) is 0.292. The number of amides is 1. The van der Waals surface area contributed by atoms with E-state index in [1.807, 2.05) is 60.4 Å². The molecule has 5 rings (SSSR count). The van der Waals surface area contributed by atoms with Crippen LogP contribution in [0.3, 0.4) is 0 Å². The normalized spacial score (nSPS) is 13.8. The number of anilines is 1. The number of methoxy groups -OCH3 is 1. The highest BCUT2D eigenvalue weighted by atomic mass is 16.5. The predicted octanol–water partition coefficient (Wildman–Crippen LogP) is 2.58. The molecule has 1 amide bonds. The Morgan fingerprint density at radius 2 is 1.65 bits per heavy atom. The number of fused-ring (bicyclic) bond motifs is 1. The summed E-state index contributed by atoms with van der Waals surface area (Å²) in [5, 5.41) is 8.66. The first-order valence-corrected chi connectivity index (χ1v) is 11.2. The van der Waals surface area contributed by atoms with Crippen molar-refractivity contribution in [3.8, 4) is 17.2 Å². The van der Waals surface area contributed by atoms with Gasteiger partial charge in [0.05, 0.1) is 19.4 Å². The summed E-state index contributed by atoms with van der Waals surface area (Å²) >= 11 is 0. The molecule has 0 unspecified atom stereocenters. The largest absolute Gasteiger partial charge is 0.497 e. The highest BCUT2D eigenvalue weighted by Crippen LogP contribution is 2.25. The summed E-state index contributed by atoms with van der Waals surface area (Å²) < 4.78 is 12.4. The maximum absolute atomic E-state index is 12.9.